The molecule has 1 heterocycles. The summed E-state index contributed by atoms with van der Waals surface area (Å²) in [7, 11) is 0. The van der Waals surface area contributed by atoms with Gasteiger partial charge >= 0.3 is 0 Å². The van der Waals surface area contributed by atoms with Crippen LogP contribution in [-0.4, -0.2) is 47.9 Å². The highest BCUT2D eigenvalue weighted by molar-refractivity contribution is 5.81. The summed E-state index contributed by atoms with van der Waals surface area (Å²) in [5.41, 5.74) is 7.57. The average Bonchev–Trinajstić information content (AvgIpc) is 2.65. The van der Waals surface area contributed by atoms with Gasteiger partial charge in [0.25, 0.3) is 0 Å². The lowest BCUT2D eigenvalue weighted by atomic mass is 9.96. The predicted molar refractivity (Wildman–Crippen MR) is 96.4 cm³/mol. The van der Waals surface area contributed by atoms with Crippen molar-refractivity contribution in [3.05, 3.63) is 71.3 Å². The van der Waals surface area contributed by atoms with Crippen LogP contribution in [0.1, 0.15) is 24.1 Å². The SMILES string of the molecule is C[C@@H](N)C(=O)N1CCN(C(c2ccc(F)cc2)c2ccc(F)cc2)CC1. The van der Waals surface area contributed by atoms with Crippen LogP contribution in [0.5, 0.6) is 0 Å². The summed E-state index contributed by atoms with van der Waals surface area (Å²) in [6, 6.07) is 12.1. The lowest BCUT2D eigenvalue weighted by Gasteiger charge is -2.40. The van der Waals surface area contributed by atoms with Crippen LogP contribution in [0.2, 0.25) is 0 Å². The first kappa shape index (κ1) is 18.5. The third kappa shape index (κ3) is 4.08. The van der Waals surface area contributed by atoms with Gasteiger partial charge in [-0.2, -0.15) is 0 Å². The number of hydrogen-bond acceptors (Lipinski definition) is 3. The fourth-order valence-corrected chi connectivity index (χ4v) is 3.39. The Labute approximate surface area is 152 Å². The van der Waals surface area contributed by atoms with Crippen LogP contribution in [0.4, 0.5) is 8.78 Å². The molecule has 1 atom stereocenters. The minimum absolute atomic E-state index is 0.0511. The number of hydrogen-bond donors (Lipinski definition) is 1. The molecule has 0 radical (unpaired) electrons. The molecule has 0 unspecified atom stereocenters. The molecule has 138 valence electrons. The molecule has 0 aliphatic carbocycles. The monoisotopic (exact) mass is 359 g/mol. The van der Waals surface area contributed by atoms with Gasteiger partial charge in [0.1, 0.15) is 11.6 Å². The first-order valence-electron chi connectivity index (χ1n) is 8.75. The number of nitrogens with zero attached hydrogens (tertiary/aromatic N) is 2. The Hall–Kier alpha value is -2.31. The molecule has 1 fully saturated rings. The van der Waals surface area contributed by atoms with Crippen molar-refractivity contribution >= 4 is 5.91 Å². The van der Waals surface area contributed by atoms with Gasteiger partial charge in [-0.3, -0.25) is 9.69 Å². The number of carbonyl (C=O) groups excluding carboxylic acids is 1. The Kier molecular flexibility index (Phi) is 5.64. The Morgan fingerprint density at radius 1 is 0.885 bits per heavy atom. The highest BCUT2D eigenvalue weighted by atomic mass is 19.1. The van der Waals surface area contributed by atoms with Crippen LogP contribution in [0.25, 0.3) is 0 Å². The second kappa shape index (κ2) is 7.93. The number of benzene rings is 2. The Bertz CT molecular complexity index is 693. The second-order valence-electron chi connectivity index (χ2n) is 6.66. The molecule has 4 nitrogen and oxygen atoms in total. The normalized spacial score (nSPS) is 16.7. The standard InChI is InChI=1S/C20H23F2N3O/c1-14(23)20(26)25-12-10-24(11-13-25)19(15-2-6-17(21)7-3-15)16-4-8-18(22)9-5-16/h2-9,14,19H,10-13,23H2,1H3/t14-/m1/s1. The predicted octanol–water partition coefficient (Wildman–Crippen LogP) is 2.55. The van der Waals surface area contributed by atoms with E-state index in [9.17, 15) is 13.6 Å². The van der Waals surface area contributed by atoms with E-state index in [1.54, 1.807) is 36.1 Å². The van der Waals surface area contributed by atoms with Crippen molar-refractivity contribution in [3.8, 4) is 0 Å². The Morgan fingerprint density at radius 3 is 1.69 bits per heavy atom. The van der Waals surface area contributed by atoms with E-state index in [2.05, 4.69) is 4.90 Å². The topological polar surface area (TPSA) is 49.6 Å². The fraction of sp³-hybridized carbons (Fsp3) is 0.350. The van der Waals surface area contributed by atoms with E-state index in [4.69, 9.17) is 5.73 Å². The molecule has 2 aromatic carbocycles. The van der Waals surface area contributed by atoms with Gasteiger partial charge in [-0.25, -0.2) is 8.78 Å². The zero-order valence-electron chi connectivity index (χ0n) is 14.7. The van der Waals surface area contributed by atoms with Crippen LogP contribution in [-0.2, 0) is 4.79 Å². The lowest BCUT2D eigenvalue weighted by molar-refractivity contribution is -0.134. The Balaban J connectivity index is 1.84. The molecule has 1 aliphatic heterocycles. The summed E-state index contributed by atoms with van der Waals surface area (Å²) in [6.07, 6.45) is 0. The van der Waals surface area contributed by atoms with E-state index in [1.807, 2.05) is 0 Å². The molecular weight excluding hydrogens is 336 g/mol. The molecule has 3 rings (SSSR count). The van der Waals surface area contributed by atoms with E-state index < -0.39 is 6.04 Å². The van der Waals surface area contributed by atoms with Crippen molar-refractivity contribution in [1.82, 2.24) is 9.80 Å². The molecular formula is C20H23F2N3O. The largest absolute Gasteiger partial charge is 0.339 e. The molecule has 2 aromatic rings. The first-order chi connectivity index (χ1) is 12.5. The van der Waals surface area contributed by atoms with Crippen molar-refractivity contribution in [1.29, 1.82) is 0 Å². The highest BCUT2D eigenvalue weighted by Gasteiger charge is 2.29. The number of amides is 1. The van der Waals surface area contributed by atoms with Crippen molar-refractivity contribution in [3.63, 3.8) is 0 Å². The first-order valence-corrected chi connectivity index (χ1v) is 8.75. The third-order valence-corrected chi connectivity index (χ3v) is 4.75. The molecule has 6 heteroatoms. The maximum atomic E-state index is 13.3. The van der Waals surface area contributed by atoms with Gasteiger partial charge in [-0.1, -0.05) is 24.3 Å². The van der Waals surface area contributed by atoms with Gasteiger partial charge in [-0.15, -0.1) is 0 Å². The average molecular weight is 359 g/mol. The third-order valence-electron chi connectivity index (χ3n) is 4.75. The van der Waals surface area contributed by atoms with Crippen LogP contribution in [0, 0.1) is 11.6 Å². The van der Waals surface area contributed by atoms with E-state index in [-0.39, 0.29) is 23.6 Å². The number of rotatable bonds is 4. The van der Waals surface area contributed by atoms with Gasteiger partial charge in [0.15, 0.2) is 0 Å². The summed E-state index contributed by atoms with van der Waals surface area (Å²) in [4.78, 5) is 16.1. The molecule has 0 saturated carbocycles. The van der Waals surface area contributed by atoms with E-state index in [0.717, 1.165) is 11.1 Å². The van der Waals surface area contributed by atoms with Crippen LogP contribution in [0.3, 0.4) is 0 Å². The second-order valence-corrected chi connectivity index (χ2v) is 6.66. The van der Waals surface area contributed by atoms with Crippen LogP contribution < -0.4 is 5.73 Å². The van der Waals surface area contributed by atoms with Crippen LogP contribution >= 0.6 is 0 Å². The van der Waals surface area contributed by atoms with E-state index in [0.29, 0.717) is 26.2 Å². The van der Waals surface area contributed by atoms with Crippen molar-refractivity contribution in [2.75, 3.05) is 26.2 Å². The summed E-state index contributed by atoms with van der Waals surface area (Å²) in [5, 5.41) is 0. The molecule has 1 saturated heterocycles. The zero-order chi connectivity index (χ0) is 18.7. The number of piperazine rings is 1. The molecule has 26 heavy (non-hydrogen) atoms. The molecule has 0 aromatic heterocycles. The minimum Gasteiger partial charge on any atom is -0.339 e. The zero-order valence-corrected chi connectivity index (χ0v) is 14.7. The summed E-state index contributed by atoms with van der Waals surface area (Å²) in [5.74, 6) is -0.636. The molecule has 0 spiro atoms. The molecule has 2 N–H and O–H groups in total. The summed E-state index contributed by atoms with van der Waals surface area (Å²) in [6.45, 7) is 4.18. The van der Waals surface area contributed by atoms with E-state index in [1.165, 1.54) is 24.3 Å². The van der Waals surface area contributed by atoms with Crippen molar-refractivity contribution in [2.24, 2.45) is 5.73 Å². The number of halogens is 2. The van der Waals surface area contributed by atoms with Gasteiger partial charge in [0.2, 0.25) is 5.91 Å². The van der Waals surface area contributed by atoms with Crippen LogP contribution in [0.15, 0.2) is 48.5 Å². The summed E-state index contributed by atoms with van der Waals surface area (Å²) < 4.78 is 26.7. The minimum atomic E-state index is -0.508. The maximum Gasteiger partial charge on any atom is 0.239 e. The maximum absolute atomic E-state index is 13.3. The quantitative estimate of drug-likeness (QED) is 0.913. The fourth-order valence-electron chi connectivity index (χ4n) is 3.39. The Morgan fingerprint density at radius 2 is 1.31 bits per heavy atom. The molecule has 1 amide bonds. The number of nitrogens with two attached hydrogens (primary N) is 1. The molecule has 1 aliphatic rings. The van der Waals surface area contributed by atoms with Crippen molar-refractivity contribution < 1.29 is 13.6 Å². The van der Waals surface area contributed by atoms with Crippen molar-refractivity contribution in [2.45, 2.75) is 19.0 Å². The number of carbonyl (C=O) groups is 1. The van der Waals surface area contributed by atoms with Gasteiger partial charge in [0.05, 0.1) is 12.1 Å². The summed E-state index contributed by atoms with van der Waals surface area (Å²) >= 11 is 0. The molecule has 0 bridgehead atoms. The van der Waals surface area contributed by atoms with E-state index >= 15 is 0 Å². The lowest BCUT2D eigenvalue weighted by Crippen LogP contribution is -2.53. The smallest absolute Gasteiger partial charge is 0.239 e. The van der Waals surface area contributed by atoms with Gasteiger partial charge < -0.3 is 10.6 Å². The van der Waals surface area contributed by atoms with Gasteiger partial charge in [0, 0.05) is 26.2 Å². The van der Waals surface area contributed by atoms with Gasteiger partial charge in [-0.05, 0) is 42.3 Å². The highest BCUT2D eigenvalue weighted by Crippen LogP contribution is 2.30.